The second kappa shape index (κ2) is 10.2. The van der Waals surface area contributed by atoms with Crippen LogP contribution in [0.3, 0.4) is 0 Å². The number of halogens is 2. The highest BCUT2D eigenvalue weighted by Crippen LogP contribution is 2.31. The van der Waals surface area contributed by atoms with Crippen LogP contribution in [0.4, 0.5) is 5.82 Å². The number of rotatable bonds is 8. The molecule has 0 radical (unpaired) electrons. The standard InChI is InChI=1S/C20H17Cl2N3O2S2/c1-28-20-24-17(23-10-13-7-8-14(21)15(22)9-13)16(19(26)27)18(25-20)29-11-12-5-3-2-4-6-12/h2-9H,10-11H2,1H3,(H,26,27)(H,23,24,25). The SMILES string of the molecule is CSc1nc(NCc2ccc(Cl)c(Cl)c2)c(C(=O)O)c(SCc2ccccc2)n1. The number of nitrogens with zero attached hydrogens (tertiary/aromatic N) is 2. The van der Waals surface area contributed by atoms with Crippen LogP contribution >= 0.6 is 46.7 Å². The van der Waals surface area contributed by atoms with Gasteiger partial charge in [-0.15, -0.1) is 11.8 Å². The van der Waals surface area contributed by atoms with Gasteiger partial charge in [0.2, 0.25) is 0 Å². The van der Waals surface area contributed by atoms with Crippen molar-refractivity contribution in [1.82, 2.24) is 9.97 Å². The molecule has 0 spiro atoms. The molecule has 0 aliphatic rings. The second-order valence-electron chi connectivity index (χ2n) is 5.92. The van der Waals surface area contributed by atoms with Gasteiger partial charge in [-0.1, -0.05) is 71.4 Å². The van der Waals surface area contributed by atoms with E-state index in [2.05, 4.69) is 15.3 Å². The first-order valence-corrected chi connectivity index (χ1v) is 11.5. The van der Waals surface area contributed by atoms with Crippen LogP contribution in [0.25, 0.3) is 0 Å². The zero-order chi connectivity index (χ0) is 20.8. The zero-order valence-corrected chi connectivity index (χ0v) is 18.5. The summed E-state index contributed by atoms with van der Waals surface area (Å²) < 4.78 is 0. The summed E-state index contributed by atoms with van der Waals surface area (Å²) in [7, 11) is 0. The van der Waals surface area contributed by atoms with Crippen LogP contribution in [0.2, 0.25) is 10.0 Å². The molecule has 5 nitrogen and oxygen atoms in total. The first-order valence-electron chi connectivity index (χ1n) is 8.51. The fraction of sp³-hybridized carbons (Fsp3) is 0.150. The lowest BCUT2D eigenvalue weighted by Gasteiger charge is -2.13. The molecule has 3 aromatic rings. The predicted octanol–water partition coefficient (Wildman–Crippen LogP) is 6.11. The maximum Gasteiger partial charge on any atom is 0.342 e. The van der Waals surface area contributed by atoms with Crippen LogP contribution in [0.1, 0.15) is 21.5 Å². The summed E-state index contributed by atoms with van der Waals surface area (Å²) in [4.78, 5) is 20.8. The van der Waals surface area contributed by atoms with Crippen LogP contribution in [0, 0.1) is 0 Å². The summed E-state index contributed by atoms with van der Waals surface area (Å²) in [5.41, 5.74) is 2.01. The molecule has 2 aromatic carbocycles. The lowest BCUT2D eigenvalue weighted by Crippen LogP contribution is -2.12. The highest BCUT2D eigenvalue weighted by Gasteiger charge is 2.21. The zero-order valence-electron chi connectivity index (χ0n) is 15.4. The fourth-order valence-corrected chi connectivity index (χ4v) is 4.22. The summed E-state index contributed by atoms with van der Waals surface area (Å²) in [6, 6.07) is 15.1. The number of hydrogen-bond acceptors (Lipinski definition) is 6. The van der Waals surface area contributed by atoms with Crippen molar-refractivity contribution in [2.75, 3.05) is 11.6 Å². The van der Waals surface area contributed by atoms with Crippen molar-refractivity contribution in [3.05, 3.63) is 75.3 Å². The number of aromatic carboxylic acids is 1. The third kappa shape index (κ3) is 5.79. The second-order valence-corrected chi connectivity index (χ2v) is 8.47. The van der Waals surface area contributed by atoms with Gasteiger partial charge in [-0.05, 0) is 29.5 Å². The molecule has 0 saturated carbocycles. The number of hydrogen-bond donors (Lipinski definition) is 2. The smallest absolute Gasteiger partial charge is 0.342 e. The first-order chi connectivity index (χ1) is 14.0. The Morgan fingerprint density at radius 1 is 1.07 bits per heavy atom. The number of nitrogens with one attached hydrogen (secondary N) is 1. The molecular formula is C20H17Cl2N3O2S2. The molecule has 0 bridgehead atoms. The minimum Gasteiger partial charge on any atom is -0.477 e. The molecule has 3 rings (SSSR count). The summed E-state index contributed by atoms with van der Waals surface area (Å²) in [6.45, 7) is 0.352. The summed E-state index contributed by atoms with van der Waals surface area (Å²) in [5.74, 6) is -0.193. The molecule has 0 atom stereocenters. The Morgan fingerprint density at radius 2 is 1.83 bits per heavy atom. The normalized spacial score (nSPS) is 10.7. The fourth-order valence-electron chi connectivity index (χ4n) is 2.50. The Morgan fingerprint density at radius 3 is 2.48 bits per heavy atom. The van der Waals surface area contributed by atoms with Gasteiger partial charge in [-0.3, -0.25) is 0 Å². The van der Waals surface area contributed by atoms with Crippen LogP contribution < -0.4 is 5.32 Å². The molecule has 9 heteroatoms. The average molecular weight is 466 g/mol. The molecule has 1 aromatic heterocycles. The molecule has 1 heterocycles. The lowest BCUT2D eigenvalue weighted by molar-refractivity contribution is 0.0692. The Kier molecular flexibility index (Phi) is 7.66. The number of carboxylic acids is 1. The van der Waals surface area contributed by atoms with Gasteiger partial charge in [-0.2, -0.15) is 0 Å². The average Bonchev–Trinajstić information content (AvgIpc) is 2.73. The van der Waals surface area contributed by atoms with Crippen LogP contribution in [-0.4, -0.2) is 27.3 Å². The Labute approximate surface area is 187 Å². The van der Waals surface area contributed by atoms with Crippen molar-refractivity contribution in [2.24, 2.45) is 0 Å². The van der Waals surface area contributed by atoms with Gasteiger partial charge in [0.1, 0.15) is 16.4 Å². The van der Waals surface area contributed by atoms with Crippen molar-refractivity contribution in [2.45, 2.75) is 22.5 Å². The number of aromatic nitrogens is 2. The van der Waals surface area contributed by atoms with Gasteiger partial charge in [0.05, 0.1) is 10.0 Å². The first kappa shape index (κ1) is 21.8. The van der Waals surface area contributed by atoms with Crippen molar-refractivity contribution < 1.29 is 9.90 Å². The molecule has 0 fully saturated rings. The molecule has 0 unspecified atom stereocenters. The Hall–Kier alpha value is -1.93. The van der Waals surface area contributed by atoms with E-state index in [1.54, 1.807) is 12.1 Å². The number of carbonyl (C=O) groups is 1. The monoisotopic (exact) mass is 465 g/mol. The van der Waals surface area contributed by atoms with Gasteiger partial charge in [0.25, 0.3) is 0 Å². The van der Waals surface area contributed by atoms with E-state index >= 15 is 0 Å². The van der Waals surface area contributed by atoms with Gasteiger partial charge in [-0.25, -0.2) is 14.8 Å². The Balaban J connectivity index is 1.88. The van der Waals surface area contributed by atoms with Crippen LogP contribution in [0.5, 0.6) is 0 Å². The number of thioether (sulfide) groups is 2. The molecule has 150 valence electrons. The minimum absolute atomic E-state index is 0.0591. The lowest BCUT2D eigenvalue weighted by atomic mass is 10.2. The van der Waals surface area contributed by atoms with Crippen LogP contribution in [0.15, 0.2) is 58.7 Å². The quantitative estimate of drug-likeness (QED) is 0.236. The summed E-state index contributed by atoms with van der Waals surface area (Å²) >= 11 is 14.8. The van der Waals surface area contributed by atoms with Crippen molar-refractivity contribution in [3.63, 3.8) is 0 Å². The van der Waals surface area contributed by atoms with E-state index in [-0.39, 0.29) is 11.4 Å². The van der Waals surface area contributed by atoms with E-state index in [0.29, 0.717) is 32.5 Å². The Bertz CT molecular complexity index is 1020. The molecular weight excluding hydrogens is 449 g/mol. The van der Waals surface area contributed by atoms with E-state index in [9.17, 15) is 9.90 Å². The highest BCUT2D eigenvalue weighted by molar-refractivity contribution is 7.99. The molecule has 2 N–H and O–H groups in total. The van der Waals surface area contributed by atoms with E-state index in [0.717, 1.165) is 11.1 Å². The highest BCUT2D eigenvalue weighted by atomic mass is 35.5. The molecule has 0 aliphatic heterocycles. The molecule has 0 saturated heterocycles. The van der Waals surface area contributed by atoms with Crippen LogP contribution in [-0.2, 0) is 12.3 Å². The number of carboxylic acid groups (broad SMARTS) is 1. The van der Waals surface area contributed by atoms with Crippen molar-refractivity contribution >= 4 is 58.5 Å². The number of anilines is 1. The minimum atomic E-state index is -1.08. The topological polar surface area (TPSA) is 75.1 Å². The van der Waals surface area contributed by atoms with E-state index < -0.39 is 5.97 Å². The molecule has 0 aliphatic carbocycles. The van der Waals surface area contributed by atoms with E-state index in [4.69, 9.17) is 23.2 Å². The van der Waals surface area contributed by atoms with E-state index in [1.165, 1.54) is 23.5 Å². The third-order valence-electron chi connectivity index (χ3n) is 3.91. The summed E-state index contributed by atoms with van der Waals surface area (Å²) in [6.07, 6.45) is 1.85. The molecule has 29 heavy (non-hydrogen) atoms. The van der Waals surface area contributed by atoms with Gasteiger partial charge in [0, 0.05) is 12.3 Å². The molecule has 0 amide bonds. The van der Waals surface area contributed by atoms with E-state index in [1.807, 2.05) is 42.7 Å². The van der Waals surface area contributed by atoms with Crippen molar-refractivity contribution in [1.29, 1.82) is 0 Å². The van der Waals surface area contributed by atoms with Gasteiger partial charge in [0.15, 0.2) is 5.16 Å². The predicted molar refractivity (Wildman–Crippen MR) is 121 cm³/mol. The maximum atomic E-state index is 12.0. The van der Waals surface area contributed by atoms with Gasteiger partial charge < -0.3 is 10.4 Å². The summed E-state index contributed by atoms with van der Waals surface area (Å²) in [5, 5.41) is 14.8. The maximum absolute atomic E-state index is 12.0. The third-order valence-corrected chi connectivity index (χ3v) is 6.25. The largest absolute Gasteiger partial charge is 0.477 e. The number of benzene rings is 2. The van der Waals surface area contributed by atoms with Gasteiger partial charge >= 0.3 is 5.97 Å². The van der Waals surface area contributed by atoms with Crippen molar-refractivity contribution in [3.8, 4) is 0 Å².